The number of para-hydroxylation sites is 2. The number of nitrogen functional groups attached to an aromatic ring is 1. The third kappa shape index (κ3) is 4.62. The number of benzene rings is 2. The second-order valence-corrected chi connectivity index (χ2v) is 7.81. The maximum atomic E-state index is 13.0. The molecule has 34 heavy (non-hydrogen) atoms. The number of fused-ring (bicyclic) bond motifs is 2. The van der Waals surface area contributed by atoms with E-state index in [1.807, 2.05) is 23.1 Å². The molecule has 2 aliphatic rings. The molecule has 0 radical (unpaired) electrons. The average molecular weight is 494 g/mol. The molecule has 0 bridgehead atoms. The Morgan fingerprint density at radius 1 is 1.03 bits per heavy atom. The zero-order chi connectivity index (χ0) is 22.9. The van der Waals surface area contributed by atoms with Crippen molar-refractivity contribution in [1.82, 2.24) is 14.9 Å². The number of carbonyl (C=O) groups excluding carboxylic acids is 1. The van der Waals surface area contributed by atoms with Crippen LogP contribution >= 0.6 is 0 Å². The summed E-state index contributed by atoms with van der Waals surface area (Å²) in [5, 5.41) is 0.694. The molecule has 2 aliphatic heterocycles. The molecule has 1 amide bonds. The Balaban J connectivity index is 0.00000274. The van der Waals surface area contributed by atoms with Crippen LogP contribution < -0.4 is 29.6 Å². The summed E-state index contributed by atoms with van der Waals surface area (Å²) >= 11 is 0. The molecule has 3 heterocycles. The number of piperazine rings is 1. The number of nitrogens with two attached hydrogens (primary N) is 1. The molecule has 0 spiro atoms. The Bertz CT molecular complexity index is 1200. The van der Waals surface area contributed by atoms with Gasteiger partial charge in [-0.2, -0.15) is 4.98 Å². The first kappa shape index (κ1) is 24.4. The summed E-state index contributed by atoms with van der Waals surface area (Å²) in [4.78, 5) is 26.0. The number of methoxy groups -OCH3 is 2. The van der Waals surface area contributed by atoms with Crippen molar-refractivity contribution >= 4 is 66.3 Å². The summed E-state index contributed by atoms with van der Waals surface area (Å²) in [5.74, 6) is 3.18. The molecule has 2 N–H and O–H groups in total. The van der Waals surface area contributed by atoms with Gasteiger partial charge in [0.05, 0.1) is 19.7 Å². The number of amides is 1. The Labute approximate surface area is 226 Å². The average Bonchev–Trinajstić information content (AvgIpc) is 2.87. The van der Waals surface area contributed by atoms with Crippen LogP contribution in [0.4, 0.5) is 11.8 Å². The second kappa shape index (κ2) is 10.3. The van der Waals surface area contributed by atoms with Crippen LogP contribution in [0.25, 0.3) is 10.9 Å². The van der Waals surface area contributed by atoms with Gasteiger partial charge in [0.15, 0.2) is 23.0 Å². The van der Waals surface area contributed by atoms with Crippen LogP contribution in [0.1, 0.15) is 0 Å². The van der Waals surface area contributed by atoms with Gasteiger partial charge in [-0.05, 0) is 18.2 Å². The monoisotopic (exact) mass is 493 g/mol. The Kier molecular flexibility index (Phi) is 7.39. The summed E-state index contributed by atoms with van der Waals surface area (Å²) in [6, 6.07) is 10.9. The van der Waals surface area contributed by atoms with E-state index in [0.717, 1.165) is 0 Å². The van der Waals surface area contributed by atoms with Crippen molar-refractivity contribution in [2.75, 3.05) is 57.6 Å². The van der Waals surface area contributed by atoms with Gasteiger partial charge in [-0.25, -0.2) is 4.98 Å². The van der Waals surface area contributed by atoms with Gasteiger partial charge in [0, 0.05) is 37.6 Å². The minimum atomic E-state index is -0.651. The number of hydrogen-bond donors (Lipinski definition) is 1. The van der Waals surface area contributed by atoms with Gasteiger partial charge in [-0.1, -0.05) is 12.1 Å². The quantitative estimate of drug-likeness (QED) is 0.528. The van der Waals surface area contributed by atoms with Gasteiger partial charge in [0.25, 0.3) is 5.91 Å². The molecular weight excluding hydrogens is 466 g/mol. The van der Waals surface area contributed by atoms with E-state index in [4.69, 9.17) is 24.7 Å². The van der Waals surface area contributed by atoms with E-state index in [2.05, 4.69) is 9.97 Å². The van der Waals surface area contributed by atoms with Gasteiger partial charge in [0.2, 0.25) is 12.1 Å². The Morgan fingerprint density at radius 2 is 1.71 bits per heavy atom. The van der Waals surface area contributed by atoms with Crippen LogP contribution in [0.5, 0.6) is 23.0 Å². The van der Waals surface area contributed by atoms with E-state index >= 15 is 0 Å². The normalized spacial score (nSPS) is 17.2. The molecule has 0 aliphatic carbocycles. The van der Waals surface area contributed by atoms with Crippen LogP contribution in [0.15, 0.2) is 36.4 Å². The first-order valence-electron chi connectivity index (χ1n) is 10.7. The van der Waals surface area contributed by atoms with E-state index in [1.165, 1.54) is 0 Å². The van der Waals surface area contributed by atoms with Crippen molar-refractivity contribution in [1.29, 1.82) is 0 Å². The first-order valence-corrected chi connectivity index (χ1v) is 10.7. The van der Waals surface area contributed by atoms with Crippen LogP contribution in [0.3, 0.4) is 0 Å². The molecule has 176 valence electrons. The third-order valence-electron chi connectivity index (χ3n) is 5.88. The second-order valence-electron chi connectivity index (χ2n) is 7.81. The van der Waals surface area contributed by atoms with Gasteiger partial charge in [0.1, 0.15) is 12.4 Å². The fourth-order valence-electron chi connectivity index (χ4n) is 4.08. The van der Waals surface area contributed by atoms with Crippen molar-refractivity contribution in [3.63, 3.8) is 0 Å². The predicted octanol–water partition coefficient (Wildman–Crippen LogP) is 0.802. The molecule has 1 atom stereocenters. The molecule has 1 unspecified atom stereocenters. The van der Waals surface area contributed by atoms with Crippen LogP contribution in [-0.4, -0.2) is 112 Å². The summed E-state index contributed by atoms with van der Waals surface area (Å²) in [5.41, 5.74) is 6.89. The van der Waals surface area contributed by atoms with Crippen molar-refractivity contribution < 1.29 is 23.7 Å². The van der Waals surface area contributed by atoms with Gasteiger partial charge >= 0.3 is 37.7 Å². The fourth-order valence-corrected chi connectivity index (χ4v) is 4.08. The SMILES string of the molecule is COc1cc2nc(N3CCN(C(=O)C4COc5ccccc5O4)CC3)nc(N)c2cc1OC.[CaH2]. The van der Waals surface area contributed by atoms with Gasteiger partial charge in [-0.3, -0.25) is 4.79 Å². The van der Waals surface area contributed by atoms with Crippen molar-refractivity contribution in [3.8, 4) is 23.0 Å². The number of anilines is 2. The molecule has 1 aromatic heterocycles. The summed E-state index contributed by atoms with van der Waals surface area (Å²) < 4.78 is 22.3. The van der Waals surface area contributed by atoms with E-state index in [-0.39, 0.29) is 50.3 Å². The molecule has 0 saturated carbocycles. The zero-order valence-electron chi connectivity index (χ0n) is 18.5. The molecule has 10 nitrogen and oxygen atoms in total. The molecule has 1 saturated heterocycles. The number of aromatic nitrogens is 2. The summed E-state index contributed by atoms with van der Waals surface area (Å²) in [7, 11) is 3.14. The van der Waals surface area contributed by atoms with Crippen LogP contribution in [0.2, 0.25) is 0 Å². The zero-order valence-corrected chi connectivity index (χ0v) is 18.5. The maximum absolute atomic E-state index is 13.0. The topological polar surface area (TPSA) is 112 Å². The van der Waals surface area contributed by atoms with Gasteiger partial charge in [-0.15, -0.1) is 0 Å². The summed E-state index contributed by atoms with van der Waals surface area (Å²) in [6.45, 7) is 2.40. The summed E-state index contributed by atoms with van der Waals surface area (Å²) in [6.07, 6.45) is -0.651. The fraction of sp³-hybridized carbons (Fsp3) is 0.348. The van der Waals surface area contributed by atoms with E-state index < -0.39 is 6.10 Å². The molecule has 3 aromatic rings. The van der Waals surface area contributed by atoms with E-state index in [9.17, 15) is 4.79 Å². The number of carbonyl (C=O) groups is 1. The van der Waals surface area contributed by atoms with E-state index in [1.54, 1.807) is 37.3 Å². The molecule has 1 fully saturated rings. The van der Waals surface area contributed by atoms with Gasteiger partial charge < -0.3 is 34.5 Å². The number of hydrogen-bond acceptors (Lipinski definition) is 9. The van der Waals surface area contributed by atoms with E-state index in [0.29, 0.717) is 71.8 Å². The molecule has 11 heteroatoms. The van der Waals surface area contributed by atoms with Crippen molar-refractivity contribution in [2.24, 2.45) is 0 Å². The molecular formula is C23H27CaN5O5. The van der Waals surface area contributed by atoms with Crippen molar-refractivity contribution in [3.05, 3.63) is 36.4 Å². The standard InChI is InChI=1S/C23H25N5O5.Ca.2H/c1-30-18-11-14-15(12-19(18)31-2)25-23(26-21(14)24)28-9-7-27(8-10-28)22(29)20-13-32-16-5-3-4-6-17(16)33-20;;;/h3-6,11-12,20H,7-10,13H2,1-2H3,(H2,24,25,26);;;. The predicted molar refractivity (Wildman–Crippen MR) is 131 cm³/mol. The van der Waals surface area contributed by atoms with Crippen molar-refractivity contribution in [2.45, 2.75) is 6.10 Å². The number of ether oxygens (including phenoxy) is 4. The molecule has 2 aromatic carbocycles. The Morgan fingerprint density at radius 3 is 2.41 bits per heavy atom. The molecule has 5 rings (SSSR count). The minimum absolute atomic E-state index is 0. The Hall–Kier alpha value is -2.69. The number of rotatable bonds is 4. The third-order valence-corrected chi connectivity index (χ3v) is 5.88. The van der Waals surface area contributed by atoms with Crippen LogP contribution in [0, 0.1) is 0 Å². The van der Waals surface area contributed by atoms with Crippen LogP contribution in [-0.2, 0) is 4.79 Å². The first-order chi connectivity index (χ1) is 16.1. The number of nitrogens with zero attached hydrogens (tertiary/aromatic N) is 4.